The van der Waals surface area contributed by atoms with Crippen molar-refractivity contribution in [2.24, 2.45) is 10.7 Å². The summed E-state index contributed by atoms with van der Waals surface area (Å²) in [7, 11) is 0. The van der Waals surface area contributed by atoms with Gasteiger partial charge in [0, 0.05) is 35.7 Å². The van der Waals surface area contributed by atoms with Crippen LogP contribution in [-0.4, -0.2) is 63.3 Å². The van der Waals surface area contributed by atoms with E-state index in [1.54, 1.807) is 36.1 Å². The van der Waals surface area contributed by atoms with Crippen LogP contribution in [0.1, 0.15) is 36.1 Å². The number of carbonyl (C=O) groups excluding carboxylic acids is 2. The van der Waals surface area contributed by atoms with E-state index < -0.39 is 11.9 Å². The van der Waals surface area contributed by atoms with Crippen LogP contribution in [0.15, 0.2) is 29.3 Å². The fourth-order valence-electron chi connectivity index (χ4n) is 2.66. The zero-order valence-electron chi connectivity index (χ0n) is 15.5. The number of thioether (sulfide) groups is 1. The second-order valence-electron chi connectivity index (χ2n) is 6.15. The molecule has 152 valence electrons. The van der Waals surface area contributed by atoms with Gasteiger partial charge in [0.25, 0.3) is 11.8 Å². The van der Waals surface area contributed by atoms with Crippen molar-refractivity contribution in [3.8, 4) is 0 Å². The minimum atomic E-state index is -1.10. The molecule has 1 aliphatic rings. The Morgan fingerprint density at radius 2 is 1.79 bits per heavy atom. The number of carboxylic acids is 1. The van der Waals surface area contributed by atoms with E-state index in [0.29, 0.717) is 16.8 Å². The molecule has 29 heavy (non-hydrogen) atoms. The number of aliphatic imine (C=N–C) groups is 1. The van der Waals surface area contributed by atoms with Gasteiger partial charge in [-0.05, 0) is 31.2 Å². The zero-order chi connectivity index (χ0) is 21.0. The Kier molecular flexibility index (Phi) is 6.49. The minimum Gasteiger partial charge on any atom is -0.477 e. The predicted molar refractivity (Wildman–Crippen MR) is 112 cm³/mol. The number of aromatic carboxylic acids is 1. The van der Waals surface area contributed by atoms with E-state index in [1.165, 1.54) is 0 Å². The quantitative estimate of drug-likeness (QED) is 0.493. The van der Waals surface area contributed by atoms with Gasteiger partial charge in [-0.25, -0.2) is 9.78 Å². The summed E-state index contributed by atoms with van der Waals surface area (Å²) in [6, 6.07) is 6.31. The number of carbonyl (C=O) groups is 3. The number of nitrogens with zero attached hydrogens (tertiary/aromatic N) is 3. The van der Waals surface area contributed by atoms with Crippen LogP contribution < -0.4 is 11.1 Å². The summed E-state index contributed by atoms with van der Waals surface area (Å²) in [5.74, 6) is 0.0150. The number of aromatic nitrogens is 1. The van der Waals surface area contributed by atoms with Crippen molar-refractivity contribution in [2.75, 3.05) is 24.6 Å². The summed E-state index contributed by atoms with van der Waals surface area (Å²) >= 11 is 2.69. The van der Waals surface area contributed by atoms with Gasteiger partial charge < -0.3 is 15.7 Å². The molecule has 2 heterocycles. The van der Waals surface area contributed by atoms with E-state index in [-0.39, 0.29) is 21.9 Å². The molecule has 3 rings (SSSR count). The van der Waals surface area contributed by atoms with Crippen molar-refractivity contribution in [3.05, 3.63) is 46.0 Å². The molecule has 0 saturated carbocycles. The molecule has 0 spiro atoms. The SMILES string of the molecule is Cc1nc(/N=C(\N)NC(=O)c2ccc(C(=O)N3CCSCC3)cc2)sc1C(=O)O. The first kappa shape index (κ1) is 20.8. The van der Waals surface area contributed by atoms with Crippen LogP contribution in [-0.2, 0) is 0 Å². The van der Waals surface area contributed by atoms with E-state index >= 15 is 0 Å². The van der Waals surface area contributed by atoms with Crippen molar-refractivity contribution in [2.45, 2.75) is 6.92 Å². The largest absolute Gasteiger partial charge is 0.477 e. The first-order valence-corrected chi connectivity index (χ1v) is 10.7. The van der Waals surface area contributed by atoms with Crippen molar-refractivity contribution < 1.29 is 19.5 Å². The molecular formula is C18H19N5O4S2. The predicted octanol–water partition coefficient (Wildman–Crippen LogP) is 1.71. The standard InChI is InChI=1S/C18H19N5O4S2/c1-10-13(16(26)27)29-18(20-10)22-17(19)21-14(24)11-2-4-12(5-3-11)15(25)23-6-8-28-9-7-23/h2-5H,6-9H2,1H3,(H,26,27)(H3,19,20,21,22,24). The van der Waals surface area contributed by atoms with Crippen LogP contribution in [0.4, 0.5) is 5.13 Å². The number of guanidine groups is 1. The van der Waals surface area contributed by atoms with Gasteiger partial charge in [-0.2, -0.15) is 16.8 Å². The second kappa shape index (κ2) is 9.05. The van der Waals surface area contributed by atoms with E-state index in [2.05, 4.69) is 15.3 Å². The average molecular weight is 434 g/mol. The molecule has 1 aromatic carbocycles. The molecule has 0 bridgehead atoms. The van der Waals surface area contributed by atoms with Gasteiger partial charge in [0.2, 0.25) is 11.1 Å². The molecule has 4 N–H and O–H groups in total. The highest BCUT2D eigenvalue weighted by Gasteiger charge is 2.19. The summed E-state index contributed by atoms with van der Waals surface area (Å²) in [6.45, 7) is 3.00. The highest BCUT2D eigenvalue weighted by atomic mass is 32.2. The molecular weight excluding hydrogens is 414 g/mol. The number of carboxylic acid groups (broad SMARTS) is 1. The lowest BCUT2D eigenvalue weighted by molar-refractivity contribution is 0.0699. The Morgan fingerprint density at radius 1 is 1.17 bits per heavy atom. The number of hydrogen-bond donors (Lipinski definition) is 3. The van der Waals surface area contributed by atoms with Crippen molar-refractivity contribution in [1.82, 2.24) is 15.2 Å². The molecule has 1 aliphatic heterocycles. The van der Waals surface area contributed by atoms with Gasteiger partial charge in [-0.15, -0.1) is 0 Å². The van der Waals surface area contributed by atoms with Crippen LogP contribution in [0, 0.1) is 6.92 Å². The monoisotopic (exact) mass is 433 g/mol. The smallest absolute Gasteiger partial charge is 0.347 e. The Labute approximate surface area is 175 Å². The van der Waals surface area contributed by atoms with E-state index in [1.807, 2.05) is 11.8 Å². The number of nitrogens with two attached hydrogens (primary N) is 1. The maximum Gasteiger partial charge on any atom is 0.347 e. The van der Waals surface area contributed by atoms with Crippen molar-refractivity contribution >= 4 is 52.0 Å². The molecule has 0 radical (unpaired) electrons. The zero-order valence-corrected chi connectivity index (χ0v) is 17.2. The number of amides is 2. The molecule has 0 unspecified atom stereocenters. The maximum atomic E-state index is 12.5. The average Bonchev–Trinajstić information content (AvgIpc) is 3.08. The van der Waals surface area contributed by atoms with Crippen LogP contribution in [0.25, 0.3) is 0 Å². The lowest BCUT2D eigenvalue weighted by Crippen LogP contribution is -2.38. The Balaban J connectivity index is 1.65. The highest BCUT2D eigenvalue weighted by molar-refractivity contribution is 7.99. The van der Waals surface area contributed by atoms with Gasteiger partial charge >= 0.3 is 5.97 Å². The van der Waals surface area contributed by atoms with Gasteiger partial charge in [0.15, 0.2) is 0 Å². The highest BCUT2D eigenvalue weighted by Crippen LogP contribution is 2.24. The molecule has 11 heteroatoms. The number of rotatable bonds is 4. The number of hydrogen-bond acceptors (Lipinski definition) is 7. The first-order chi connectivity index (χ1) is 13.8. The molecule has 2 amide bonds. The number of benzene rings is 1. The van der Waals surface area contributed by atoms with Crippen LogP contribution in [0.5, 0.6) is 0 Å². The normalized spacial score (nSPS) is 14.5. The van der Waals surface area contributed by atoms with E-state index in [9.17, 15) is 14.4 Å². The van der Waals surface area contributed by atoms with Crippen molar-refractivity contribution in [3.63, 3.8) is 0 Å². The molecule has 2 aromatic rings. The summed E-state index contributed by atoms with van der Waals surface area (Å²) in [4.78, 5) is 45.7. The van der Waals surface area contributed by atoms with Gasteiger partial charge in [0.1, 0.15) is 4.88 Å². The van der Waals surface area contributed by atoms with Gasteiger partial charge in [-0.1, -0.05) is 11.3 Å². The Morgan fingerprint density at radius 3 is 2.38 bits per heavy atom. The van der Waals surface area contributed by atoms with Gasteiger partial charge in [-0.3, -0.25) is 14.9 Å². The summed E-state index contributed by atoms with van der Waals surface area (Å²) in [5.41, 5.74) is 6.89. The molecule has 1 aromatic heterocycles. The first-order valence-electron chi connectivity index (χ1n) is 8.68. The fraction of sp³-hybridized carbons (Fsp3) is 0.278. The van der Waals surface area contributed by atoms with E-state index in [4.69, 9.17) is 10.8 Å². The lowest BCUT2D eigenvalue weighted by Gasteiger charge is -2.26. The summed E-state index contributed by atoms with van der Waals surface area (Å²) in [6.07, 6.45) is 0. The number of aryl methyl sites for hydroxylation is 1. The topological polar surface area (TPSA) is 138 Å². The van der Waals surface area contributed by atoms with E-state index in [0.717, 1.165) is 35.9 Å². The summed E-state index contributed by atoms with van der Waals surface area (Å²) in [5, 5.41) is 11.6. The van der Waals surface area contributed by atoms with Gasteiger partial charge in [0.05, 0.1) is 5.69 Å². The van der Waals surface area contributed by atoms with Crippen LogP contribution >= 0.6 is 23.1 Å². The Hall–Kier alpha value is -2.92. The van der Waals surface area contributed by atoms with Crippen LogP contribution in [0.3, 0.4) is 0 Å². The molecule has 0 aliphatic carbocycles. The Bertz CT molecular complexity index is 965. The number of nitrogens with one attached hydrogen (secondary N) is 1. The second-order valence-corrected chi connectivity index (χ2v) is 8.35. The minimum absolute atomic E-state index is 0.0493. The maximum absolute atomic E-state index is 12.5. The van der Waals surface area contributed by atoms with Crippen LogP contribution in [0.2, 0.25) is 0 Å². The molecule has 9 nitrogen and oxygen atoms in total. The fourth-order valence-corrected chi connectivity index (χ4v) is 4.35. The third-order valence-electron chi connectivity index (χ3n) is 4.13. The third-order valence-corrected chi connectivity index (χ3v) is 6.11. The summed E-state index contributed by atoms with van der Waals surface area (Å²) < 4.78 is 0. The number of thiazole rings is 1. The molecule has 1 saturated heterocycles. The molecule has 1 fully saturated rings. The molecule has 0 atom stereocenters. The van der Waals surface area contributed by atoms with Crippen molar-refractivity contribution in [1.29, 1.82) is 0 Å². The third kappa shape index (κ3) is 5.12. The lowest BCUT2D eigenvalue weighted by atomic mass is 10.1.